The zero-order chi connectivity index (χ0) is 10.4. The third kappa shape index (κ3) is 1.22. The fraction of sp³-hybridized carbons (Fsp3) is 0.727. The van der Waals surface area contributed by atoms with E-state index < -0.39 is 0 Å². The lowest BCUT2D eigenvalue weighted by molar-refractivity contribution is 0.457. The summed E-state index contributed by atoms with van der Waals surface area (Å²) in [6, 6.07) is 0. The first-order valence-electron chi connectivity index (χ1n) is 5.19. The largest absolute Gasteiger partial charge is 0.356 e. The van der Waals surface area contributed by atoms with E-state index in [-0.39, 0.29) is 0 Å². The molecule has 0 radical (unpaired) electrons. The first-order chi connectivity index (χ1) is 6.46. The maximum atomic E-state index is 4.14. The molecule has 3 heteroatoms. The number of aromatic nitrogens is 2. The average Bonchev–Trinajstić information content (AvgIpc) is 2.54. The van der Waals surface area contributed by atoms with Crippen molar-refractivity contribution in [2.24, 2.45) is 16.7 Å². The molecule has 1 aromatic heterocycles. The lowest BCUT2D eigenvalue weighted by Crippen LogP contribution is -2.08. The van der Waals surface area contributed by atoms with Crippen molar-refractivity contribution in [3.63, 3.8) is 0 Å². The molecular weight excluding hydrogens is 174 g/mol. The predicted octanol–water partition coefficient (Wildman–Crippen LogP) is 2.50. The van der Waals surface area contributed by atoms with Crippen LogP contribution in [0.5, 0.6) is 0 Å². The first-order valence-corrected chi connectivity index (χ1v) is 5.19. The van der Waals surface area contributed by atoms with E-state index in [4.69, 9.17) is 0 Å². The Kier molecular flexibility index (Phi) is 1.88. The van der Waals surface area contributed by atoms with Crippen LogP contribution in [-0.4, -0.2) is 16.5 Å². The Hall–Kier alpha value is -0.990. The number of nitrogens with one attached hydrogen (secondary N) is 2. The molecule has 1 saturated carbocycles. The number of anilines is 1. The van der Waals surface area contributed by atoms with E-state index in [0.717, 1.165) is 18.4 Å². The maximum Gasteiger partial charge on any atom is 0.200 e. The normalized spacial score (nSPS) is 23.4. The fourth-order valence-electron chi connectivity index (χ4n) is 2.40. The number of rotatable bonds is 3. The van der Waals surface area contributed by atoms with Crippen molar-refractivity contribution in [2.45, 2.75) is 27.7 Å². The monoisotopic (exact) mass is 193 g/mol. The van der Waals surface area contributed by atoms with Gasteiger partial charge in [-0.1, -0.05) is 27.7 Å². The summed E-state index contributed by atoms with van der Waals surface area (Å²) >= 11 is 0. The highest BCUT2D eigenvalue weighted by Gasteiger charge is 2.64. The molecule has 0 bridgehead atoms. The number of hydrogen-bond acceptors (Lipinski definition) is 2. The topological polar surface area (TPSA) is 40.7 Å². The molecule has 1 aliphatic carbocycles. The predicted molar refractivity (Wildman–Crippen MR) is 58.1 cm³/mol. The van der Waals surface area contributed by atoms with Gasteiger partial charge in [0.1, 0.15) is 0 Å². The second-order valence-electron chi connectivity index (χ2n) is 5.31. The average molecular weight is 193 g/mol. The molecular formula is C11H19N3. The van der Waals surface area contributed by atoms with E-state index in [0.29, 0.717) is 10.8 Å². The van der Waals surface area contributed by atoms with Crippen LogP contribution in [0.15, 0.2) is 12.4 Å². The quantitative estimate of drug-likeness (QED) is 0.774. The van der Waals surface area contributed by atoms with Crippen LogP contribution in [0.1, 0.15) is 27.7 Å². The van der Waals surface area contributed by atoms with Crippen LogP contribution in [0.25, 0.3) is 0 Å². The highest BCUT2D eigenvalue weighted by atomic mass is 15.1. The minimum absolute atomic E-state index is 0.451. The molecule has 0 atom stereocenters. The Labute approximate surface area is 85.3 Å². The lowest BCUT2D eigenvalue weighted by atomic mass is 10.0. The summed E-state index contributed by atoms with van der Waals surface area (Å²) in [7, 11) is 0. The van der Waals surface area contributed by atoms with Crippen molar-refractivity contribution in [1.29, 1.82) is 0 Å². The Balaban J connectivity index is 1.90. The van der Waals surface area contributed by atoms with Crippen molar-refractivity contribution >= 4 is 5.95 Å². The van der Waals surface area contributed by atoms with Crippen LogP contribution in [-0.2, 0) is 0 Å². The van der Waals surface area contributed by atoms with E-state index in [1.807, 2.05) is 6.20 Å². The molecule has 0 spiro atoms. The molecule has 1 heterocycles. The number of aromatic amines is 1. The van der Waals surface area contributed by atoms with Gasteiger partial charge in [0, 0.05) is 18.9 Å². The number of hydrogen-bond donors (Lipinski definition) is 2. The van der Waals surface area contributed by atoms with Crippen LogP contribution in [0, 0.1) is 16.7 Å². The van der Waals surface area contributed by atoms with Crippen LogP contribution in [0.2, 0.25) is 0 Å². The highest BCUT2D eigenvalue weighted by Crippen LogP contribution is 2.68. The molecule has 3 nitrogen and oxygen atoms in total. The third-order valence-electron chi connectivity index (χ3n) is 4.29. The van der Waals surface area contributed by atoms with Crippen molar-refractivity contribution in [3.05, 3.63) is 12.4 Å². The van der Waals surface area contributed by atoms with Crippen LogP contribution in [0.3, 0.4) is 0 Å². The van der Waals surface area contributed by atoms with Gasteiger partial charge >= 0.3 is 0 Å². The van der Waals surface area contributed by atoms with Gasteiger partial charge in [-0.2, -0.15) is 0 Å². The van der Waals surface area contributed by atoms with Gasteiger partial charge in [0.05, 0.1) is 0 Å². The van der Waals surface area contributed by atoms with Gasteiger partial charge in [-0.3, -0.25) is 0 Å². The number of imidazole rings is 1. The Morgan fingerprint density at radius 1 is 1.36 bits per heavy atom. The van der Waals surface area contributed by atoms with Crippen molar-refractivity contribution < 1.29 is 0 Å². The second-order valence-corrected chi connectivity index (χ2v) is 5.31. The fourth-order valence-corrected chi connectivity index (χ4v) is 2.40. The van der Waals surface area contributed by atoms with Gasteiger partial charge in [-0.25, -0.2) is 4.98 Å². The number of nitrogens with zero attached hydrogens (tertiary/aromatic N) is 1. The zero-order valence-electron chi connectivity index (χ0n) is 9.39. The van der Waals surface area contributed by atoms with Crippen LogP contribution in [0.4, 0.5) is 5.95 Å². The van der Waals surface area contributed by atoms with Gasteiger partial charge in [0.2, 0.25) is 0 Å². The molecule has 78 valence electrons. The van der Waals surface area contributed by atoms with Crippen LogP contribution < -0.4 is 5.32 Å². The highest BCUT2D eigenvalue weighted by molar-refractivity contribution is 5.26. The van der Waals surface area contributed by atoms with Crippen molar-refractivity contribution in [3.8, 4) is 0 Å². The standard InChI is InChI=1S/C11H19N3/c1-10(2)8(11(10,3)4)7-14-9-12-5-6-13-9/h5-6,8H,7H2,1-4H3,(H2,12,13,14). The molecule has 1 fully saturated rings. The molecule has 0 amide bonds. The smallest absolute Gasteiger partial charge is 0.200 e. The summed E-state index contributed by atoms with van der Waals surface area (Å²) in [5.74, 6) is 1.61. The van der Waals surface area contributed by atoms with E-state index in [2.05, 4.69) is 43.0 Å². The van der Waals surface area contributed by atoms with Gasteiger partial charge in [0.15, 0.2) is 5.95 Å². The SMILES string of the molecule is CC1(C)C(CNc2ncc[nH]2)C1(C)C. The molecule has 2 rings (SSSR count). The molecule has 2 N–H and O–H groups in total. The zero-order valence-corrected chi connectivity index (χ0v) is 9.39. The maximum absolute atomic E-state index is 4.14. The molecule has 1 aromatic rings. The van der Waals surface area contributed by atoms with Crippen molar-refractivity contribution in [1.82, 2.24) is 9.97 Å². The molecule has 14 heavy (non-hydrogen) atoms. The van der Waals surface area contributed by atoms with Gasteiger partial charge in [0.25, 0.3) is 0 Å². The minimum Gasteiger partial charge on any atom is -0.356 e. The molecule has 0 aromatic carbocycles. The summed E-state index contributed by atoms with van der Waals surface area (Å²) in [6.45, 7) is 10.3. The second kappa shape index (κ2) is 2.75. The summed E-state index contributed by atoms with van der Waals surface area (Å²) in [5.41, 5.74) is 0.902. The third-order valence-corrected chi connectivity index (χ3v) is 4.29. The lowest BCUT2D eigenvalue weighted by Gasteiger charge is -2.04. The first kappa shape index (κ1) is 9.56. The van der Waals surface area contributed by atoms with E-state index in [1.54, 1.807) is 6.20 Å². The summed E-state index contributed by atoms with van der Waals surface area (Å²) in [5, 5.41) is 3.33. The summed E-state index contributed by atoms with van der Waals surface area (Å²) < 4.78 is 0. The Bertz CT molecular complexity index is 297. The Morgan fingerprint density at radius 3 is 2.43 bits per heavy atom. The van der Waals surface area contributed by atoms with E-state index in [9.17, 15) is 0 Å². The van der Waals surface area contributed by atoms with E-state index >= 15 is 0 Å². The molecule has 0 saturated heterocycles. The van der Waals surface area contributed by atoms with Gasteiger partial charge < -0.3 is 10.3 Å². The van der Waals surface area contributed by atoms with Crippen molar-refractivity contribution in [2.75, 3.05) is 11.9 Å². The summed E-state index contributed by atoms with van der Waals surface area (Å²) in [4.78, 5) is 7.20. The molecule has 0 unspecified atom stereocenters. The molecule has 0 aliphatic heterocycles. The van der Waals surface area contributed by atoms with E-state index in [1.165, 1.54) is 0 Å². The molecule has 1 aliphatic rings. The number of H-pyrrole nitrogens is 1. The minimum atomic E-state index is 0.451. The van der Waals surface area contributed by atoms with Gasteiger partial charge in [-0.15, -0.1) is 0 Å². The van der Waals surface area contributed by atoms with Gasteiger partial charge in [-0.05, 0) is 16.7 Å². The van der Waals surface area contributed by atoms with Crippen LogP contribution >= 0.6 is 0 Å². The summed E-state index contributed by atoms with van der Waals surface area (Å²) in [6.07, 6.45) is 3.61. The Morgan fingerprint density at radius 2 is 2.00 bits per heavy atom.